The molecule has 0 radical (unpaired) electrons. The Morgan fingerprint density at radius 1 is 1.06 bits per heavy atom. The van der Waals surface area contributed by atoms with Gasteiger partial charge < -0.3 is 5.32 Å². The number of hydrogen-bond donors (Lipinski definition) is 1. The monoisotopic (exact) mass is 221 g/mol. The van der Waals surface area contributed by atoms with E-state index < -0.39 is 0 Å². The molecule has 1 N–H and O–H groups in total. The van der Waals surface area contributed by atoms with E-state index in [4.69, 9.17) is 0 Å². The zero-order chi connectivity index (χ0) is 12.8. The Hall–Kier alpha value is -1.31. The fourth-order valence-electron chi connectivity index (χ4n) is 1.26. The molecular weight excluding hydrogens is 198 g/mol. The molecule has 0 aliphatic carbocycles. The maximum Gasteiger partial charge on any atom is 0.221 e. The highest BCUT2D eigenvalue weighted by atomic mass is 16.1. The van der Waals surface area contributed by atoms with E-state index in [-0.39, 0.29) is 11.3 Å². The maximum atomic E-state index is 10.8. The van der Waals surface area contributed by atoms with Crippen molar-refractivity contribution in [3.63, 3.8) is 0 Å². The Bertz CT molecular complexity index is 320. The summed E-state index contributed by atoms with van der Waals surface area (Å²) in [5.74, 6) is -0.0338. The number of carbonyl (C=O) groups excluding carboxylic acids is 1. The van der Waals surface area contributed by atoms with Gasteiger partial charge in [0.2, 0.25) is 5.91 Å². The quantitative estimate of drug-likeness (QED) is 0.764. The van der Waals surface area contributed by atoms with Crippen molar-refractivity contribution in [1.82, 2.24) is 0 Å². The molecule has 0 unspecified atom stereocenters. The maximum absolute atomic E-state index is 10.8. The van der Waals surface area contributed by atoms with Gasteiger partial charge in [-0.05, 0) is 23.1 Å². The van der Waals surface area contributed by atoms with Crippen molar-refractivity contribution in [3.05, 3.63) is 29.8 Å². The Morgan fingerprint density at radius 2 is 1.50 bits per heavy atom. The van der Waals surface area contributed by atoms with Crippen LogP contribution >= 0.6 is 0 Å². The molecule has 2 nitrogen and oxygen atoms in total. The lowest BCUT2D eigenvalue weighted by Gasteiger charge is -2.19. The topological polar surface area (TPSA) is 29.1 Å². The minimum Gasteiger partial charge on any atom is -0.326 e. The van der Waals surface area contributed by atoms with E-state index in [1.165, 1.54) is 12.5 Å². The van der Waals surface area contributed by atoms with Gasteiger partial charge >= 0.3 is 0 Å². The zero-order valence-corrected chi connectivity index (χ0v) is 11.2. The largest absolute Gasteiger partial charge is 0.326 e. The highest BCUT2D eigenvalue weighted by Crippen LogP contribution is 2.23. The second kappa shape index (κ2) is 6.31. The molecule has 1 amide bonds. The van der Waals surface area contributed by atoms with Crippen molar-refractivity contribution in [2.45, 2.75) is 47.0 Å². The molecule has 0 saturated carbocycles. The van der Waals surface area contributed by atoms with Crippen LogP contribution in [0, 0.1) is 0 Å². The molecule has 16 heavy (non-hydrogen) atoms. The summed E-state index contributed by atoms with van der Waals surface area (Å²) in [4.78, 5) is 10.8. The third-order valence-corrected chi connectivity index (χ3v) is 2.07. The molecule has 2 heteroatoms. The first-order chi connectivity index (χ1) is 7.39. The molecule has 0 heterocycles. The van der Waals surface area contributed by atoms with E-state index in [0.29, 0.717) is 0 Å². The molecule has 1 rings (SSSR count). The number of amides is 1. The van der Waals surface area contributed by atoms with E-state index in [2.05, 4.69) is 26.1 Å². The summed E-state index contributed by atoms with van der Waals surface area (Å²) in [6.07, 6.45) is 0. The van der Waals surface area contributed by atoms with Crippen LogP contribution in [0.25, 0.3) is 0 Å². The lowest BCUT2D eigenvalue weighted by molar-refractivity contribution is -0.114. The minimum absolute atomic E-state index is 0.0338. The van der Waals surface area contributed by atoms with Gasteiger partial charge in [-0.3, -0.25) is 4.79 Å². The highest BCUT2D eigenvalue weighted by molar-refractivity contribution is 5.88. The molecular formula is C14H23NO. The van der Waals surface area contributed by atoms with Crippen molar-refractivity contribution in [1.29, 1.82) is 0 Å². The summed E-state index contributed by atoms with van der Waals surface area (Å²) in [5.41, 5.74) is 2.28. The van der Waals surface area contributed by atoms with Gasteiger partial charge in [-0.1, -0.05) is 46.8 Å². The van der Waals surface area contributed by atoms with Gasteiger partial charge in [0.25, 0.3) is 0 Å². The number of benzene rings is 1. The van der Waals surface area contributed by atoms with Crippen LogP contribution in [0.5, 0.6) is 0 Å². The van der Waals surface area contributed by atoms with Crippen LogP contribution in [0.1, 0.15) is 47.1 Å². The summed E-state index contributed by atoms with van der Waals surface area (Å²) in [5, 5.41) is 2.74. The second-order valence-electron chi connectivity index (χ2n) is 4.51. The van der Waals surface area contributed by atoms with E-state index in [1.807, 2.05) is 38.1 Å². The number of carbonyl (C=O) groups is 1. The van der Waals surface area contributed by atoms with E-state index >= 15 is 0 Å². The number of hydrogen-bond acceptors (Lipinski definition) is 1. The lowest BCUT2D eigenvalue weighted by Crippen LogP contribution is -2.11. The van der Waals surface area contributed by atoms with E-state index in [1.54, 1.807) is 0 Å². The Morgan fingerprint density at radius 3 is 1.81 bits per heavy atom. The van der Waals surface area contributed by atoms with Gasteiger partial charge in [0.1, 0.15) is 0 Å². The Kier molecular flexibility index (Phi) is 5.79. The molecule has 1 aromatic rings. The first-order valence-corrected chi connectivity index (χ1v) is 5.78. The molecule has 0 saturated heterocycles. The average Bonchev–Trinajstić information content (AvgIpc) is 2.19. The van der Waals surface area contributed by atoms with Crippen LogP contribution in [0.4, 0.5) is 5.69 Å². The van der Waals surface area contributed by atoms with Crippen LogP contribution in [-0.4, -0.2) is 5.91 Å². The fraction of sp³-hybridized carbons (Fsp3) is 0.500. The second-order valence-corrected chi connectivity index (χ2v) is 4.51. The molecule has 0 bridgehead atoms. The van der Waals surface area contributed by atoms with E-state index in [9.17, 15) is 4.79 Å². The van der Waals surface area contributed by atoms with Crippen LogP contribution in [0.15, 0.2) is 24.3 Å². The van der Waals surface area contributed by atoms with Crippen molar-refractivity contribution in [2.24, 2.45) is 0 Å². The molecule has 0 fully saturated rings. The standard InChI is InChI=1S/C12H17NO.C2H6/c1-9(14)13-11-7-5-10(6-8-11)12(2,3)4;1-2/h5-8H,1-4H3,(H,13,14);1-2H3. The van der Waals surface area contributed by atoms with Gasteiger partial charge in [0.05, 0.1) is 0 Å². The van der Waals surface area contributed by atoms with Gasteiger partial charge in [0.15, 0.2) is 0 Å². The van der Waals surface area contributed by atoms with Crippen LogP contribution in [0.3, 0.4) is 0 Å². The summed E-state index contributed by atoms with van der Waals surface area (Å²) in [7, 11) is 0. The predicted molar refractivity (Wildman–Crippen MR) is 70.8 cm³/mol. The number of anilines is 1. The first-order valence-electron chi connectivity index (χ1n) is 5.78. The number of nitrogens with one attached hydrogen (secondary N) is 1. The third-order valence-electron chi connectivity index (χ3n) is 2.07. The van der Waals surface area contributed by atoms with Crippen LogP contribution < -0.4 is 5.32 Å². The fourth-order valence-corrected chi connectivity index (χ4v) is 1.26. The average molecular weight is 221 g/mol. The summed E-state index contributed by atoms with van der Waals surface area (Å²) < 4.78 is 0. The van der Waals surface area contributed by atoms with Crippen molar-refractivity contribution >= 4 is 11.6 Å². The lowest BCUT2D eigenvalue weighted by atomic mass is 9.87. The third kappa shape index (κ3) is 4.96. The number of rotatable bonds is 1. The Balaban J connectivity index is 0.00000106. The summed E-state index contributed by atoms with van der Waals surface area (Å²) in [6, 6.07) is 7.96. The first kappa shape index (κ1) is 14.7. The SMILES string of the molecule is CC.CC(=O)Nc1ccc(C(C)(C)C)cc1. The molecule has 0 spiro atoms. The van der Waals surface area contributed by atoms with Gasteiger partial charge in [-0.2, -0.15) is 0 Å². The van der Waals surface area contributed by atoms with Crippen molar-refractivity contribution in [2.75, 3.05) is 5.32 Å². The molecule has 0 aromatic heterocycles. The summed E-state index contributed by atoms with van der Waals surface area (Å²) >= 11 is 0. The zero-order valence-electron chi connectivity index (χ0n) is 11.2. The molecule has 0 aliphatic heterocycles. The highest BCUT2D eigenvalue weighted by Gasteiger charge is 2.12. The van der Waals surface area contributed by atoms with Crippen LogP contribution in [0.2, 0.25) is 0 Å². The van der Waals surface area contributed by atoms with Gasteiger partial charge in [-0.15, -0.1) is 0 Å². The van der Waals surface area contributed by atoms with Crippen molar-refractivity contribution < 1.29 is 4.79 Å². The predicted octanol–water partition coefficient (Wildman–Crippen LogP) is 3.97. The van der Waals surface area contributed by atoms with E-state index in [0.717, 1.165) is 5.69 Å². The molecule has 90 valence electrons. The Labute approximate surface area is 99.1 Å². The summed E-state index contributed by atoms with van der Waals surface area (Å²) in [6.45, 7) is 12.0. The van der Waals surface area contributed by atoms with Gasteiger partial charge in [0, 0.05) is 12.6 Å². The smallest absolute Gasteiger partial charge is 0.221 e. The van der Waals surface area contributed by atoms with Crippen molar-refractivity contribution in [3.8, 4) is 0 Å². The minimum atomic E-state index is -0.0338. The van der Waals surface area contributed by atoms with Crippen LogP contribution in [-0.2, 0) is 10.2 Å². The van der Waals surface area contributed by atoms with Gasteiger partial charge in [-0.25, -0.2) is 0 Å². The molecule has 0 aliphatic rings. The normalized spacial score (nSPS) is 10.1. The molecule has 0 atom stereocenters. The molecule has 1 aromatic carbocycles.